The molecule has 270 valence electrons. The average Bonchev–Trinajstić information content (AvgIpc) is 3.78. The van der Waals surface area contributed by atoms with Gasteiger partial charge in [-0.05, 0) is 86.3 Å². The Morgan fingerprint density at radius 3 is 1.88 bits per heavy atom. The lowest BCUT2D eigenvalue weighted by atomic mass is 9.82. The Bertz CT molecular complexity index is 3150. The zero-order chi connectivity index (χ0) is 38.1. The van der Waals surface area contributed by atoms with Crippen LogP contribution in [0, 0.1) is 0 Å². The zero-order valence-electron chi connectivity index (χ0n) is 31.9. The number of fused-ring (bicyclic) bond motifs is 8. The summed E-state index contributed by atoms with van der Waals surface area (Å²) in [7, 11) is 0. The summed E-state index contributed by atoms with van der Waals surface area (Å²) < 4.78 is 6.83. The molecule has 11 rings (SSSR count). The van der Waals surface area contributed by atoms with Crippen LogP contribution in [0.5, 0.6) is 0 Å². The van der Waals surface area contributed by atoms with Crippen LogP contribution >= 0.6 is 0 Å². The molecule has 10 aromatic rings. The smallest absolute Gasteiger partial charge is 0.143 e. The van der Waals surface area contributed by atoms with Crippen molar-refractivity contribution in [2.45, 2.75) is 19.3 Å². The first-order valence-corrected chi connectivity index (χ1v) is 19.8. The van der Waals surface area contributed by atoms with Gasteiger partial charge >= 0.3 is 0 Å². The summed E-state index contributed by atoms with van der Waals surface area (Å²) in [4.78, 5) is 2.49. The van der Waals surface area contributed by atoms with Crippen molar-refractivity contribution in [3.63, 3.8) is 0 Å². The predicted octanol–water partition coefficient (Wildman–Crippen LogP) is 15.5. The van der Waals surface area contributed by atoms with E-state index < -0.39 is 0 Å². The van der Waals surface area contributed by atoms with Crippen molar-refractivity contribution in [1.82, 2.24) is 0 Å². The third-order valence-electron chi connectivity index (χ3n) is 12.1. The molecule has 1 heterocycles. The number of benzene rings is 9. The normalized spacial score (nSPS) is 12.9. The third-order valence-corrected chi connectivity index (χ3v) is 12.1. The lowest BCUT2D eigenvalue weighted by Gasteiger charge is -2.31. The molecule has 0 bridgehead atoms. The summed E-state index contributed by atoms with van der Waals surface area (Å²) >= 11 is 0. The quantitative estimate of drug-likeness (QED) is 0.169. The molecule has 0 N–H and O–H groups in total. The number of anilines is 3. The van der Waals surface area contributed by atoms with Gasteiger partial charge in [-0.2, -0.15) is 0 Å². The molecule has 1 aliphatic carbocycles. The van der Waals surface area contributed by atoms with Gasteiger partial charge in [0.05, 0.1) is 22.4 Å². The van der Waals surface area contributed by atoms with Crippen molar-refractivity contribution in [3.8, 4) is 44.5 Å². The molecule has 0 fully saturated rings. The third kappa shape index (κ3) is 5.18. The van der Waals surface area contributed by atoms with E-state index in [0.29, 0.717) is 0 Å². The number of hydrogen-bond donors (Lipinski definition) is 0. The van der Waals surface area contributed by atoms with E-state index in [1.54, 1.807) is 0 Å². The Balaban J connectivity index is 1.24. The van der Waals surface area contributed by atoms with E-state index in [2.05, 4.69) is 219 Å². The standard InChI is InChI=1S/C55H39NO/c1-55(2)46-26-13-11-24-43(46)52-42(25-15-27-47(52)55)41-23-12-14-28-48(41)56(49-34-32-39(36-17-5-3-6-18-36)35-45(49)37-19-7-4-8-20-37)50-29-16-30-51-53(50)44-33-31-38-21-9-10-22-40(38)54(44)57-51/h3-35H,1-2H3. The Kier molecular flexibility index (Phi) is 7.55. The van der Waals surface area contributed by atoms with Gasteiger partial charge in [-0.3, -0.25) is 0 Å². The molecule has 9 aromatic carbocycles. The molecule has 0 unspecified atom stereocenters. The fraction of sp³-hybridized carbons (Fsp3) is 0.0545. The van der Waals surface area contributed by atoms with Gasteiger partial charge in [-0.1, -0.05) is 178 Å². The van der Waals surface area contributed by atoms with Gasteiger partial charge in [0.15, 0.2) is 0 Å². The summed E-state index contributed by atoms with van der Waals surface area (Å²) in [6, 6.07) is 72.6. The summed E-state index contributed by atoms with van der Waals surface area (Å²) in [6.45, 7) is 4.71. The van der Waals surface area contributed by atoms with Crippen molar-refractivity contribution in [2.75, 3.05) is 4.90 Å². The highest BCUT2D eigenvalue weighted by Crippen LogP contribution is 2.55. The van der Waals surface area contributed by atoms with Gasteiger partial charge in [0.1, 0.15) is 11.2 Å². The second-order valence-electron chi connectivity index (χ2n) is 15.6. The minimum absolute atomic E-state index is 0.117. The Morgan fingerprint density at radius 1 is 0.404 bits per heavy atom. The molecule has 0 atom stereocenters. The maximum atomic E-state index is 6.83. The van der Waals surface area contributed by atoms with E-state index in [9.17, 15) is 0 Å². The SMILES string of the molecule is CC1(C)c2ccccc2-c2c(-c3ccccc3N(c3ccc(-c4ccccc4)cc3-c3ccccc3)c3cccc4oc5c6ccccc6ccc5c34)cccc21. The molecule has 1 aromatic heterocycles. The van der Waals surface area contributed by atoms with Crippen LogP contribution in [-0.4, -0.2) is 0 Å². The Hall–Kier alpha value is -7.16. The van der Waals surface area contributed by atoms with Gasteiger partial charge in [-0.15, -0.1) is 0 Å². The van der Waals surface area contributed by atoms with E-state index in [1.807, 2.05) is 0 Å². The van der Waals surface area contributed by atoms with E-state index in [0.717, 1.165) is 60.9 Å². The predicted molar refractivity (Wildman–Crippen MR) is 240 cm³/mol. The van der Waals surface area contributed by atoms with Gasteiger partial charge in [-0.25, -0.2) is 0 Å². The molecular weight excluding hydrogens is 691 g/mol. The van der Waals surface area contributed by atoms with E-state index >= 15 is 0 Å². The zero-order valence-corrected chi connectivity index (χ0v) is 31.9. The van der Waals surface area contributed by atoms with Gasteiger partial charge < -0.3 is 9.32 Å². The number of hydrogen-bond acceptors (Lipinski definition) is 2. The molecule has 0 saturated heterocycles. The van der Waals surface area contributed by atoms with Crippen molar-refractivity contribution in [3.05, 3.63) is 211 Å². The van der Waals surface area contributed by atoms with Crippen LogP contribution in [0.15, 0.2) is 205 Å². The van der Waals surface area contributed by atoms with Crippen LogP contribution in [0.2, 0.25) is 0 Å². The van der Waals surface area contributed by atoms with Crippen LogP contribution in [0.4, 0.5) is 17.1 Å². The lowest BCUT2D eigenvalue weighted by Crippen LogP contribution is -2.15. The number of para-hydroxylation sites is 1. The summed E-state index contributed by atoms with van der Waals surface area (Å²) in [5.74, 6) is 0. The molecule has 57 heavy (non-hydrogen) atoms. The first kappa shape index (κ1) is 33.2. The van der Waals surface area contributed by atoms with Crippen LogP contribution in [-0.2, 0) is 5.41 Å². The van der Waals surface area contributed by atoms with Crippen molar-refractivity contribution in [1.29, 1.82) is 0 Å². The van der Waals surface area contributed by atoms with E-state index in [1.165, 1.54) is 44.5 Å². The second-order valence-corrected chi connectivity index (χ2v) is 15.6. The maximum absolute atomic E-state index is 6.83. The Morgan fingerprint density at radius 2 is 1.04 bits per heavy atom. The Labute approximate surface area is 332 Å². The van der Waals surface area contributed by atoms with Crippen LogP contribution < -0.4 is 4.90 Å². The van der Waals surface area contributed by atoms with E-state index in [-0.39, 0.29) is 5.41 Å². The topological polar surface area (TPSA) is 16.4 Å². The molecule has 0 spiro atoms. The molecule has 0 amide bonds. The van der Waals surface area contributed by atoms with Gasteiger partial charge in [0, 0.05) is 27.3 Å². The fourth-order valence-corrected chi connectivity index (χ4v) is 9.38. The summed E-state index contributed by atoms with van der Waals surface area (Å²) in [5.41, 5.74) is 17.3. The van der Waals surface area contributed by atoms with Crippen molar-refractivity contribution in [2.24, 2.45) is 0 Å². The largest absolute Gasteiger partial charge is 0.455 e. The highest BCUT2D eigenvalue weighted by atomic mass is 16.3. The molecule has 2 nitrogen and oxygen atoms in total. The number of nitrogens with zero attached hydrogens (tertiary/aromatic N) is 1. The van der Waals surface area contributed by atoms with E-state index in [4.69, 9.17) is 4.42 Å². The minimum Gasteiger partial charge on any atom is -0.455 e. The molecule has 1 aliphatic rings. The molecule has 0 aliphatic heterocycles. The van der Waals surface area contributed by atoms with Gasteiger partial charge in [0.2, 0.25) is 0 Å². The number of rotatable bonds is 6. The second kappa shape index (κ2) is 13.0. The van der Waals surface area contributed by atoms with Crippen molar-refractivity contribution < 1.29 is 4.42 Å². The van der Waals surface area contributed by atoms with Crippen LogP contribution in [0.25, 0.3) is 77.2 Å². The summed E-state index contributed by atoms with van der Waals surface area (Å²) in [5, 5.41) is 4.46. The molecule has 0 radical (unpaired) electrons. The molecule has 2 heteroatoms. The highest BCUT2D eigenvalue weighted by molar-refractivity contribution is 6.20. The minimum atomic E-state index is -0.117. The van der Waals surface area contributed by atoms with Crippen molar-refractivity contribution >= 4 is 49.8 Å². The molecular formula is C55H39NO. The van der Waals surface area contributed by atoms with Crippen LogP contribution in [0.3, 0.4) is 0 Å². The highest BCUT2D eigenvalue weighted by Gasteiger charge is 2.37. The van der Waals surface area contributed by atoms with Crippen LogP contribution in [0.1, 0.15) is 25.0 Å². The first-order valence-electron chi connectivity index (χ1n) is 19.8. The average molecular weight is 730 g/mol. The lowest BCUT2D eigenvalue weighted by molar-refractivity contribution is 0.660. The maximum Gasteiger partial charge on any atom is 0.143 e. The van der Waals surface area contributed by atoms with Gasteiger partial charge in [0.25, 0.3) is 0 Å². The number of furan rings is 1. The first-order chi connectivity index (χ1) is 28.1. The fourth-order valence-electron chi connectivity index (χ4n) is 9.38. The molecule has 0 saturated carbocycles. The summed E-state index contributed by atoms with van der Waals surface area (Å²) in [6.07, 6.45) is 0. The monoisotopic (exact) mass is 729 g/mol.